The van der Waals surface area contributed by atoms with E-state index in [4.69, 9.17) is 23.2 Å². The highest BCUT2D eigenvalue weighted by molar-refractivity contribution is 6.40. The van der Waals surface area contributed by atoms with E-state index in [0.717, 1.165) is 48.9 Å². The maximum Gasteiger partial charge on any atom is 0.329 e. The van der Waals surface area contributed by atoms with E-state index in [1.807, 2.05) is 37.2 Å². The van der Waals surface area contributed by atoms with Gasteiger partial charge in [0.15, 0.2) is 5.78 Å². The van der Waals surface area contributed by atoms with Gasteiger partial charge in [0.2, 0.25) is 0 Å². The molecule has 0 bridgehead atoms. The molecule has 1 aromatic carbocycles. The van der Waals surface area contributed by atoms with Crippen molar-refractivity contribution in [2.75, 3.05) is 18.9 Å². The van der Waals surface area contributed by atoms with Crippen molar-refractivity contribution in [2.45, 2.75) is 57.4 Å². The number of aliphatic carboxylic acids is 1. The molecule has 1 spiro atoms. The van der Waals surface area contributed by atoms with E-state index < -0.39 is 22.8 Å². The molecule has 1 atom stereocenters. The Hall–Kier alpha value is -3.62. The summed E-state index contributed by atoms with van der Waals surface area (Å²) in [6.07, 6.45) is 13.5. The molecule has 0 unspecified atom stereocenters. The number of aromatic nitrogens is 1. The lowest BCUT2D eigenvalue weighted by atomic mass is 9.57. The SMILES string of the molecule is CC[C@@](Cc1ccc(NC(=O)c2c(Cl)cncc2Cl)cc1)(NC1=C(C2=CC=CN(C)C2)C(=O)C12CCCCC2)C(=O)O. The fraction of sp³-hybridized carbons (Fsp3) is 0.375. The number of allylic oxidation sites excluding steroid dienone is 3. The summed E-state index contributed by atoms with van der Waals surface area (Å²) in [4.78, 5) is 45.4. The number of Topliss-reactive ketones (excluding diaryl/α,β-unsaturated/α-hetero) is 1. The summed E-state index contributed by atoms with van der Waals surface area (Å²) in [5, 5.41) is 17.1. The summed E-state index contributed by atoms with van der Waals surface area (Å²) in [7, 11) is 1.95. The Morgan fingerprint density at radius 2 is 1.76 bits per heavy atom. The van der Waals surface area contributed by atoms with Gasteiger partial charge in [0.05, 0.1) is 21.0 Å². The van der Waals surface area contributed by atoms with Crippen molar-refractivity contribution < 1.29 is 19.5 Å². The number of carboxylic acids is 1. The molecule has 42 heavy (non-hydrogen) atoms. The van der Waals surface area contributed by atoms with Crippen LogP contribution in [0.15, 0.2) is 71.9 Å². The van der Waals surface area contributed by atoms with E-state index in [2.05, 4.69) is 15.6 Å². The lowest BCUT2D eigenvalue weighted by Crippen LogP contribution is -2.61. The average molecular weight is 610 g/mol. The fourth-order valence-corrected chi connectivity index (χ4v) is 6.80. The Balaban J connectivity index is 1.42. The molecule has 3 N–H and O–H groups in total. The number of rotatable bonds is 9. The maximum absolute atomic E-state index is 13.7. The van der Waals surface area contributed by atoms with Crippen molar-refractivity contribution in [1.82, 2.24) is 15.2 Å². The molecular weight excluding hydrogens is 575 g/mol. The summed E-state index contributed by atoms with van der Waals surface area (Å²) in [6.45, 7) is 2.44. The number of benzene rings is 1. The van der Waals surface area contributed by atoms with E-state index in [-0.39, 0.29) is 27.8 Å². The topological polar surface area (TPSA) is 112 Å². The number of hydrogen-bond donors (Lipinski definition) is 3. The van der Waals surface area contributed by atoms with Crippen LogP contribution in [0, 0.1) is 5.41 Å². The number of likely N-dealkylation sites (N-methyl/N-ethyl adjacent to an activating group) is 1. The van der Waals surface area contributed by atoms with Crippen LogP contribution in [0.25, 0.3) is 0 Å². The smallest absolute Gasteiger partial charge is 0.329 e. The Bertz CT molecular complexity index is 1490. The molecule has 8 nitrogen and oxygen atoms in total. The number of ketones is 1. The van der Waals surface area contributed by atoms with Gasteiger partial charge in [-0.1, -0.05) is 67.6 Å². The number of carboxylic acid groups (broad SMARTS) is 1. The number of carbonyl (C=O) groups is 3. The van der Waals surface area contributed by atoms with Crippen LogP contribution in [0.5, 0.6) is 0 Å². The van der Waals surface area contributed by atoms with Crippen LogP contribution >= 0.6 is 23.2 Å². The molecule has 220 valence electrons. The van der Waals surface area contributed by atoms with E-state index in [1.165, 1.54) is 12.4 Å². The monoisotopic (exact) mass is 608 g/mol. The summed E-state index contributed by atoms with van der Waals surface area (Å²) < 4.78 is 0. The number of carbonyl (C=O) groups excluding carboxylic acids is 2. The molecule has 0 saturated heterocycles. The summed E-state index contributed by atoms with van der Waals surface area (Å²) in [5.41, 5.74) is 1.76. The number of anilines is 1. The minimum absolute atomic E-state index is 0.128. The highest BCUT2D eigenvalue weighted by Crippen LogP contribution is 2.54. The lowest BCUT2D eigenvalue weighted by molar-refractivity contribution is -0.145. The molecule has 2 aromatic rings. The van der Waals surface area contributed by atoms with Gasteiger partial charge in [-0.25, -0.2) is 4.79 Å². The van der Waals surface area contributed by atoms with Gasteiger partial charge in [-0.2, -0.15) is 0 Å². The molecule has 2 heterocycles. The first-order chi connectivity index (χ1) is 20.1. The Labute approximate surface area is 255 Å². The first-order valence-electron chi connectivity index (χ1n) is 14.2. The van der Waals surface area contributed by atoms with E-state index >= 15 is 0 Å². The largest absolute Gasteiger partial charge is 0.479 e. The number of hydrogen-bond acceptors (Lipinski definition) is 6. The Morgan fingerprint density at radius 3 is 2.36 bits per heavy atom. The number of nitrogens with one attached hydrogen (secondary N) is 2. The normalized spacial score (nSPS) is 19.2. The minimum atomic E-state index is -1.33. The van der Waals surface area contributed by atoms with Crippen LogP contribution < -0.4 is 10.6 Å². The minimum Gasteiger partial charge on any atom is -0.479 e. The highest BCUT2D eigenvalue weighted by Gasteiger charge is 2.56. The number of amides is 1. The molecule has 1 aliphatic heterocycles. The van der Waals surface area contributed by atoms with Crippen LogP contribution in [-0.4, -0.2) is 51.8 Å². The third-order valence-corrected chi connectivity index (χ3v) is 9.22. The van der Waals surface area contributed by atoms with Gasteiger partial charge in [0.25, 0.3) is 5.91 Å². The predicted octanol–water partition coefficient (Wildman–Crippen LogP) is 6.18. The quantitative estimate of drug-likeness (QED) is 0.312. The second-order valence-electron chi connectivity index (χ2n) is 11.3. The molecule has 1 aromatic heterocycles. The zero-order valence-corrected chi connectivity index (χ0v) is 25.2. The van der Waals surface area contributed by atoms with E-state index in [9.17, 15) is 19.5 Å². The lowest BCUT2D eigenvalue weighted by Gasteiger charge is -2.50. The van der Waals surface area contributed by atoms with Crippen molar-refractivity contribution in [3.63, 3.8) is 0 Å². The van der Waals surface area contributed by atoms with Gasteiger partial charge in [-0.15, -0.1) is 0 Å². The van der Waals surface area contributed by atoms with Crippen LogP contribution in [0.3, 0.4) is 0 Å². The summed E-state index contributed by atoms with van der Waals surface area (Å²) in [6, 6.07) is 7.02. The Morgan fingerprint density at radius 1 is 1.10 bits per heavy atom. The summed E-state index contributed by atoms with van der Waals surface area (Å²) >= 11 is 12.2. The van der Waals surface area contributed by atoms with Crippen LogP contribution in [-0.2, 0) is 16.0 Å². The zero-order chi connectivity index (χ0) is 30.1. The zero-order valence-electron chi connectivity index (χ0n) is 23.7. The number of nitrogens with zero attached hydrogens (tertiary/aromatic N) is 2. The van der Waals surface area contributed by atoms with Crippen molar-refractivity contribution in [2.24, 2.45) is 5.41 Å². The molecule has 1 saturated carbocycles. The molecule has 2 aliphatic carbocycles. The molecule has 10 heteroatoms. The van der Waals surface area contributed by atoms with E-state index in [0.29, 0.717) is 24.2 Å². The van der Waals surface area contributed by atoms with E-state index in [1.54, 1.807) is 24.3 Å². The third-order valence-electron chi connectivity index (χ3n) is 8.65. The second-order valence-corrected chi connectivity index (χ2v) is 12.2. The predicted molar refractivity (Wildman–Crippen MR) is 164 cm³/mol. The van der Waals surface area contributed by atoms with Gasteiger partial charge in [-0.3, -0.25) is 14.6 Å². The first kappa shape index (κ1) is 29.9. The Kier molecular flexibility index (Phi) is 8.49. The van der Waals surface area contributed by atoms with Crippen molar-refractivity contribution in [1.29, 1.82) is 0 Å². The van der Waals surface area contributed by atoms with Crippen LogP contribution in [0.1, 0.15) is 61.4 Å². The standard InChI is InChI=1S/C32H34Cl2N4O4/c1-3-32(30(41)42,16-20-9-11-22(12-10-20)36-29(40)26-23(33)17-35-18-24(26)34)37-27-25(21-8-7-15-38(2)19-21)28(39)31(27)13-5-4-6-14-31/h7-12,15,17-18,37H,3-6,13-14,16,19H2,1-2H3,(H,36,40)(H,41,42)/t32-/m0/s1. The van der Waals surface area contributed by atoms with Gasteiger partial charge in [-0.05, 0) is 54.8 Å². The van der Waals surface area contributed by atoms with Crippen LogP contribution in [0.2, 0.25) is 10.0 Å². The molecule has 1 fully saturated rings. The van der Waals surface area contributed by atoms with Crippen LogP contribution in [0.4, 0.5) is 5.69 Å². The second kappa shape index (κ2) is 11.9. The molecule has 0 radical (unpaired) electrons. The maximum atomic E-state index is 13.7. The highest BCUT2D eigenvalue weighted by atomic mass is 35.5. The number of pyridine rings is 1. The summed E-state index contributed by atoms with van der Waals surface area (Å²) in [5.74, 6) is -1.32. The van der Waals surface area contributed by atoms with Crippen molar-refractivity contribution in [3.05, 3.63) is 93.0 Å². The third kappa shape index (κ3) is 5.45. The van der Waals surface area contributed by atoms with Crippen molar-refractivity contribution in [3.8, 4) is 0 Å². The van der Waals surface area contributed by atoms with Gasteiger partial charge >= 0.3 is 5.97 Å². The van der Waals surface area contributed by atoms with Gasteiger partial charge in [0, 0.05) is 49.4 Å². The fourth-order valence-electron chi connectivity index (χ4n) is 6.26. The van der Waals surface area contributed by atoms with Gasteiger partial charge in [0.1, 0.15) is 5.54 Å². The van der Waals surface area contributed by atoms with Gasteiger partial charge < -0.3 is 20.6 Å². The molecule has 5 rings (SSSR count). The number of halogens is 2. The molecule has 3 aliphatic rings. The first-order valence-corrected chi connectivity index (χ1v) is 14.9. The average Bonchev–Trinajstić information content (AvgIpc) is 2.97. The van der Waals surface area contributed by atoms with Crippen molar-refractivity contribution >= 4 is 46.5 Å². The molecular formula is C32H34Cl2N4O4. The molecule has 1 amide bonds.